The highest BCUT2D eigenvalue weighted by Gasteiger charge is 2.43. The largest absolute Gasteiger partial charge is 0.481 e. The molecule has 1 aromatic heterocycles. The molecular formula is C15H22N2O3S. The predicted octanol–water partition coefficient (Wildman–Crippen LogP) is 1.89. The average molecular weight is 310 g/mol. The van der Waals surface area contributed by atoms with E-state index in [9.17, 15) is 9.59 Å². The zero-order valence-corrected chi connectivity index (χ0v) is 13.6. The minimum absolute atomic E-state index is 0.0636. The summed E-state index contributed by atoms with van der Waals surface area (Å²) in [5, 5.41) is 9.14. The van der Waals surface area contributed by atoms with E-state index < -0.39 is 5.97 Å². The van der Waals surface area contributed by atoms with Gasteiger partial charge in [-0.05, 0) is 31.9 Å². The van der Waals surface area contributed by atoms with Crippen LogP contribution in [-0.4, -0.2) is 31.6 Å². The third kappa shape index (κ3) is 3.31. The Morgan fingerprint density at radius 1 is 1.38 bits per heavy atom. The lowest BCUT2D eigenvalue weighted by atomic mass is 10.0. The Kier molecular flexibility index (Phi) is 4.76. The van der Waals surface area contributed by atoms with Crippen LogP contribution in [0, 0.1) is 0 Å². The Balaban J connectivity index is 2.53. The topological polar surface area (TPSA) is 72.2 Å². The average Bonchev–Trinajstić information content (AvgIpc) is 3.22. The molecule has 1 aromatic rings. The molecule has 5 nitrogen and oxygen atoms in total. The predicted molar refractivity (Wildman–Crippen MR) is 84.1 cm³/mol. The number of thioether (sulfide) groups is 1. The highest BCUT2D eigenvalue weighted by atomic mass is 32.2. The Hall–Kier alpha value is -1.30. The van der Waals surface area contributed by atoms with Crippen LogP contribution in [0.1, 0.15) is 43.6 Å². The van der Waals surface area contributed by atoms with Gasteiger partial charge in [0.15, 0.2) is 0 Å². The second kappa shape index (κ2) is 6.22. The van der Waals surface area contributed by atoms with E-state index in [-0.39, 0.29) is 16.9 Å². The summed E-state index contributed by atoms with van der Waals surface area (Å²) in [6.07, 6.45) is 5.44. The molecule has 1 aliphatic carbocycles. The molecule has 21 heavy (non-hydrogen) atoms. The maximum Gasteiger partial charge on any atom is 0.348 e. The van der Waals surface area contributed by atoms with E-state index in [1.54, 1.807) is 16.3 Å². The summed E-state index contributed by atoms with van der Waals surface area (Å²) in [5.74, 6) is -0.877. The molecule has 1 fully saturated rings. The second-order valence-electron chi connectivity index (χ2n) is 5.52. The first-order valence-electron chi connectivity index (χ1n) is 7.34. The third-order valence-corrected chi connectivity index (χ3v) is 5.57. The Bertz CT molecular complexity index is 606. The number of aliphatic carboxylic acids is 1. The van der Waals surface area contributed by atoms with Crippen LogP contribution in [0.2, 0.25) is 0 Å². The van der Waals surface area contributed by atoms with Crippen LogP contribution in [0.25, 0.3) is 0 Å². The molecule has 1 saturated carbocycles. The van der Waals surface area contributed by atoms with Crippen molar-refractivity contribution in [2.45, 2.75) is 57.2 Å². The van der Waals surface area contributed by atoms with Gasteiger partial charge in [-0.1, -0.05) is 13.8 Å². The summed E-state index contributed by atoms with van der Waals surface area (Å²) < 4.78 is 1.85. The van der Waals surface area contributed by atoms with E-state index in [4.69, 9.17) is 5.11 Å². The van der Waals surface area contributed by atoms with Gasteiger partial charge in [0, 0.05) is 22.5 Å². The van der Waals surface area contributed by atoms with Gasteiger partial charge in [-0.3, -0.25) is 9.36 Å². The summed E-state index contributed by atoms with van der Waals surface area (Å²) in [5.41, 5.74) is 1.96. The maximum atomic E-state index is 12.3. The van der Waals surface area contributed by atoms with Crippen molar-refractivity contribution in [3.63, 3.8) is 0 Å². The van der Waals surface area contributed by atoms with Crippen LogP contribution in [0.4, 0.5) is 0 Å². The lowest BCUT2D eigenvalue weighted by Crippen LogP contribution is -2.33. The van der Waals surface area contributed by atoms with Crippen LogP contribution in [0.3, 0.4) is 0 Å². The fraction of sp³-hybridized carbons (Fsp3) is 0.667. The molecule has 0 amide bonds. The van der Waals surface area contributed by atoms with Crippen molar-refractivity contribution in [2.24, 2.45) is 0 Å². The first-order valence-corrected chi connectivity index (χ1v) is 8.57. The highest BCUT2D eigenvalue weighted by molar-refractivity contribution is 8.00. The minimum Gasteiger partial charge on any atom is -0.481 e. The van der Waals surface area contributed by atoms with Crippen LogP contribution in [0.5, 0.6) is 0 Å². The smallest absolute Gasteiger partial charge is 0.348 e. The van der Waals surface area contributed by atoms with Crippen molar-refractivity contribution in [1.29, 1.82) is 0 Å². The lowest BCUT2D eigenvalue weighted by Gasteiger charge is -2.21. The van der Waals surface area contributed by atoms with E-state index in [1.807, 2.05) is 13.8 Å². The molecular weight excluding hydrogens is 288 g/mol. The zero-order valence-electron chi connectivity index (χ0n) is 12.8. The fourth-order valence-electron chi connectivity index (χ4n) is 2.76. The number of nitrogens with zero attached hydrogens (tertiary/aromatic N) is 2. The number of aryl methyl sites for hydroxylation is 1. The standard InChI is InChI=1S/C15H22N2O3S/c1-4-11-10(8-13(18)19)12(5-2)17(14(20)16-11)9-15(21-3)6-7-15/h4-9H2,1-3H3,(H,18,19). The quantitative estimate of drug-likeness (QED) is 0.832. The molecule has 0 atom stereocenters. The van der Waals surface area contributed by atoms with E-state index >= 15 is 0 Å². The van der Waals surface area contributed by atoms with Crippen molar-refractivity contribution in [3.05, 3.63) is 27.4 Å². The van der Waals surface area contributed by atoms with Crippen molar-refractivity contribution in [3.8, 4) is 0 Å². The van der Waals surface area contributed by atoms with Gasteiger partial charge in [-0.25, -0.2) is 4.79 Å². The first kappa shape index (κ1) is 16.1. The number of carbonyl (C=O) groups is 1. The van der Waals surface area contributed by atoms with Crippen molar-refractivity contribution in [1.82, 2.24) is 9.55 Å². The van der Waals surface area contributed by atoms with Gasteiger partial charge >= 0.3 is 11.7 Å². The third-order valence-electron chi connectivity index (χ3n) is 4.17. The van der Waals surface area contributed by atoms with Gasteiger partial charge < -0.3 is 5.11 Å². The molecule has 0 aliphatic heterocycles. The van der Waals surface area contributed by atoms with Gasteiger partial charge in [0.2, 0.25) is 0 Å². The van der Waals surface area contributed by atoms with Gasteiger partial charge in [-0.2, -0.15) is 16.7 Å². The van der Waals surface area contributed by atoms with Crippen LogP contribution >= 0.6 is 11.8 Å². The number of hydrogen-bond acceptors (Lipinski definition) is 4. The molecule has 0 radical (unpaired) electrons. The highest BCUT2D eigenvalue weighted by Crippen LogP contribution is 2.48. The molecule has 2 rings (SSSR count). The molecule has 1 heterocycles. The number of rotatable bonds is 7. The van der Waals surface area contributed by atoms with Crippen molar-refractivity contribution >= 4 is 17.7 Å². The Morgan fingerprint density at radius 2 is 2.05 bits per heavy atom. The number of aromatic nitrogens is 2. The van der Waals surface area contributed by atoms with Crippen molar-refractivity contribution in [2.75, 3.05) is 6.26 Å². The molecule has 6 heteroatoms. The minimum atomic E-state index is -0.877. The molecule has 0 saturated heterocycles. The fourth-order valence-corrected chi connectivity index (χ4v) is 3.53. The molecule has 0 aromatic carbocycles. The van der Waals surface area contributed by atoms with Crippen LogP contribution in [0.15, 0.2) is 4.79 Å². The van der Waals surface area contributed by atoms with E-state index in [0.717, 1.165) is 24.1 Å². The molecule has 1 N–H and O–H groups in total. The summed E-state index contributed by atoms with van der Waals surface area (Å²) >= 11 is 1.79. The summed E-state index contributed by atoms with van der Waals surface area (Å²) in [6, 6.07) is 0. The Labute approximate surface area is 128 Å². The molecule has 1 aliphatic rings. The normalized spacial score (nSPS) is 16.0. The SMILES string of the molecule is CCc1nc(=O)n(CC2(SC)CC2)c(CC)c1CC(=O)O. The summed E-state index contributed by atoms with van der Waals surface area (Å²) in [4.78, 5) is 27.6. The monoisotopic (exact) mass is 310 g/mol. The van der Waals surface area contributed by atoms with E-state index in [2.05, 4.69) is 11.2 Å². The van der Waals surface area contributed by atoms with Crippen LogP contribution in [-0.2, 0) is 30.6 Å². The van der Waals surface area contributed by atoms with Gasteiger partial charge in [0.25, 0.3) is 0 Å². The molecule has 0 unspecified atom stereocenters. The molecule has 0 bridgehead atoms. The summed E-state index contributed by atoms with van der Waals surface area (Å²) in [7, 11) is 0. The van der Waals surface area contributed by atoms with E-state index in [1.165, 1.54) is 0 Å². The Morgan fingerprint density at radius 3 is 2.48 bits per heavy atom. The maximum absolute atomic E-state index is 12.3. The first-order chi connectivity index (χ1) is 9.96. The van der Waals surface area contributed by atoms with Crippen molar-refractivity contribution < 1.29 is 9.90 Å². The number of hydrogen-bond donors (Lipinski definition) is 1. The molecule has 0 spiro atoms. The van der Waals surface area contributed by atoms with Gasteiger partial charge in [0.05, 0.1) is 12.1 Å². The van der Waals surface area contributed by atoms with Crippen LogP contribution < -0.4 is 5.69 Å². The lowest BCUT2D eigenvalue weighted by molar-refractivity contribution is -0.136. The number of carboxylic acids is 1. The van der Waals surface area contributed by atoms with Gasteiger partial charge in [-0.15, -0.1) is 0 Å². The second-order valence-corrected chi connectivity index (χ2v) is 6.79. The molecule has 116 valence electrons. The summed E-state index contributed by atoms with van der Waals surface area (Å²) in [6.45, 7) is 4.51. The van der Waals surface area contributed by atoms with E-state index in [0.29, 0.717) is 25.1 Å². The zero-order chi connectivity index (χ0) is 15.6. The number of carboxylic acid groups (broad SMARTS) is 1. The van der Waals surface area contributed by atoms with Gasteiger partial charge in [0.1, 0.15) is 0 Å².